The highest BCUT2D eigenvalue weighted by molar-refractivity contribution is 6.23. The van der Waals surface area contributed by atoms with Gasteiger partial charge >= 0.3 is 0 Å². The smallest absolute Gasteiger partial charge is 0.160 e. The summed E-state index contributed by atoms with van der Waals surface area (Å²) in [7, 11) is 0. The zero-order valence-corrected chi connectivity index (χ0v) is 29.1. The highest BCUT2D eigenvalue weighted by Gasteiger charge is 2.27. The van der Waals surface area contributed by atoms with E-state index in [1.54, 1.807) is 0 Å². The Balaban J connectivity index is 1.09. The van der Waals surface area contributed by atoms with Crippen molar-refractivity contribution in [1.29, 1.82) is 0 Å². The Morgan fingerprint density at radius 2 is 1.19 bits per heavy atom. The summed E-state index contributed by atoms with van der Waals surface area (Å²) >= 11 is 0. The second-order valence-electron chi connectivity index (χ2n) is 13.8. The maximum absolute atomic E-state index is 6.32. The van der Waals surface area contributed by atoms with Gasteiger partial charge in [-0.25, -0.2) is 9.98 Å². The van der Waals surface area contributed by atoms with Gasteiger partial charge in [-0.2, -0.15) is 0 Å². The fourth-order valence-electron chi connectivity index (χ4n) is 8.15. The van der Waals surface area contributed by atoms with Crippen molar-refractivity contribution in [1.82, 2.24) is 10.6 Å². The van der Waals surface area contributed by atoms with E-state index in [9.17, 15) is 0 Å². The average Bonchev–Trinajstić information content (AvgIpc) is 3.82. The van der Waals surface area contributed by atoms with Crippen LogP contribution in [0.2, 0.25) is 0 Å². The first-order valence-electron chi connectivity index (χ1n) is 18.2. The number of hydrogen-bond donors (Lipinski definition) is 2. The molecule has 11 rings (SSSR count). The fraction of sp³-hybridized carbons (Fsp3) is 0.0417. The molecule has 0 bridgehead atoms. The summed E-state index contributed by atoms with van der Waals surface area (Å²) in [5.74, 6) is 2.35. The molecule has 0 saturated carbocycles. The predicted octanol–water partition coefficient (Wildman–Crippen LogP) is 11.1. The van der Waals surface area contributed by atoms with Crippen LogP contribution in [0.4, 0.5) is 0 Å². The lowest BCUT2D eigenvalue weighted by atomic mass is 9.89. The van der Waals surface area contributed by atoms with E-state index in [0.29, 0.717) is 12.4 Å². The molecule has 0 radical (unpaired) electrons. The van der Waals surface area contributed by atoms with E-state index in [-0.39, 0.29) is 0 Å². The van der Waals surface area contributed by atoms with Gasteiger partial charge in [0.1, 0.15) is 34.5 Å². The number of fused-ring (bicyclic) bond motifs is 7. The van der Waals surface area contributed by atoms with E-state index in [4.69, 9.17) is 18.8 Å². The van der Waals surface area contributed by atoms with Gasteiger partial charge in [0.15, 0.2) is 5.84 Å². The van der Waals surface area contributed by atoms with E-state index in [0.717, 1.165) is 99.8 Å². The van der Waals surface area contributed by atoms with Crippen LogP contribution in [0.25, 0.3) is 60.4 Å². The Labute approximate surface area is 310 Å². The first kappa shape index (κ1) is 30.4. The lowest BCUT2D eigenvalue weighted by Gasteiger charge is -2.25. The molecule has 2 aromatic heterocycles. The van der Waals surface area contributed by atoms with Gasteiger partial charge < -0.3 is 19.5 Å². The zero-order chi connectivity index (χ0) is 35.6. The topological polar surface area (TPSA) is 75.1 Å². The highest BCUT2D eigenvalue weighted by atomic mass is 16.3. The molecule has 0 saturated heterocycles. The van der Waals surface area contributed by atoms with Crippen molar-refractivity contribution < 1.29 is 8.83 Å². The van der Waals surface area contributed by atoms with Crippen LogP contribution in [-0.4, -0.2) is 11.7 Å². The van der Waals surface area contributed by atoms with Crippen molar-refractivity contribution in [2.75, 3.05) is 0 Å². The van der Waals surface area contributed by atoms with Crippen LogP contribution < -0.4 is 10.6 Å². The Bertz CT molecular complexity index is 3040. The molecule has 256 valence electrons. The molecule has 54 heavy (non-hydrogen) atoms. The second kappa shape index (κ2) is 12.2. The number of rotatable bonds is 5. The normalized spacial score (nSPS) is 15.4. The zero-order valence-electron chi connectivity index (χ0n) is 29.1. The fourth-order valence-corrected chi connectivity index (χ4v) is 8.15. The molecule has 0 spiro atoms. The van der Waals surface area contributed by atoms with E-state index >= 15 is 0 Å². The predicted molar refractivity (Wildman–Crippen MR) is 219 cm³/mol. The van der Waals surface area contributed by atoms with Gasteiger partial charge in [0.2, 0.25) is 0 Å². The van der Waals surface area contributed by atoms with Crippen LogP contribution in [0.5, 0.6) is 0 Å². The molecule has 1 atom stereocenters. The van der Waals surface area contributed by atoms with E-state index in [1.165, 1.54) is 0 Å². The van der Waals surface area contributed by atoms with E-state index in [1.807, 2.05) is 48.5 Å². The van der Waals surface area contributed by atoms with Gasteiger partial charge in [-0.1, -0.05) is 133 Å². The molecule has 6 heteroatoms. The van der Waals surface area contributed by atoms with Crippen LogP contribution >= 0.6 is 0 Å². The maximum atomic E-state index is 6.32. The Morgan fingerprint density at radius 1 is 0.537 bits per heavy atom. The maximum Gasteiger partial charge on any atom is 0.160 e. The third-order valence-corrected chi connectivity index (χ3v) is 10.6. The van der Waals surface area contributed by atoms with Crippen molar-refractivity contribution >= 4 is 60.9 Å². The number of aliphatic imine (C=N–C) groups is 2. The van der Waals surface area contributed by atoms with Gasteiger partial charge in [-0.3, -0.25) is 0 Å². The van der Waals surface area contributed by atoms with Crippen LogP contribution in [0.15, 0.2) is 183 Å². The van der Waals surface area contributed by atoms with Gasteiger partial charge in [0.05, 0.1) is 6.54 Å². The van der Waals surface area contributed by atoms with Gasteiger partial charge in [-0.05, 0) is 57.3 Å². The van der Waals surface area contributed by atoms with Crippen molar-refractivity contribution in [2.24, 2.45) is 9.98 Å². The molecule has 0 amide bonds. The Hall–Kier alpha value is -7.18. The first-order valence-corrected chi connectivity index (χ1v) is 18.2. The van der Waals surface area contributed by atoms with Crippen LogP contribution in [0.3, 0.4) is 0 Å². The molecule has 1 unspecified atom stereocenters. The summed E-state index contributed by atoms with van der Waals surface area (Å²) in [6.07, 6.45) is 1.73. The molecule has 4 heterocycles. The summed E-state index contributed by atoms with van der Waals surface area (Å²) in [6, 6.07) is 54.6. The van der Waals surface area contributed by atoms with Crippen LogP contribution in [-0.2, 0) is 6.54 Å². The number of benzene rings is 7. The molecule has 9 aromatic rings. The highest BCUT2D eigenvalue weighted by Crippen LogP contribution is 2.40. The molecule has 2 aliphatic rings. The third kappa shape index (κ3) is 4.88. The minimum atomic E-state index is -0.395. The summed E-state index contributed by atoms with van der Waals surface area (Å²) in [5.41, 5.74) is 11.2. The number of nitrogens with one attached hydrogen (secondary N) is 2. The molecule has 0 aliphatic carbocycles. The van der Waals surface area contributed by atoms with Crippen molar-refractivity contribution in [3.05, 3.63) is 198 Å². The largest absolute Gasteiger partial charge is 0.459 e. The van der Waals surface area contributed by atoms with E-state index < -0.39 is 6.17 Å². The number of nitrogens with zero attached hydrogens (tertiary/aromatic N) is 2. The van der Waals surface area contributed by atoms with Gasteiger partial charge in [-0.15, -0.1) is 0 Å². The van der Waals surface area contributed by atoms with Crippen molar-refractivity contribution in [2.45, 2.75) is 12.7 Å². The van der Waals surface area contributed by atoms with E-state index in [2.05, 4.69) is 126 Å². The molecule has 0 fully saturated rings. The number of para-hydroxylation sites is 2. The molecular weight excluding hydrogens is 665 g/mol. The minimum Gasteiger partial charge on any atom is -0.459 e. The summed E-state index contributed by atoms with van der Waals surface area (Å²) in [4.78, 5) is 10.7. The minimum absolute atomic E-state index is 0.395. The SMILES string of the molecule is C1=C(c2cccc3c(C4=NC(c5cccc6oc7ccccc7c56)=NC(c5cccc(-c6ccccc6)c5)N4)cccc23)c2c(oc3ccccc23)CN1. The van der Waals surface area contributed by atoms with Gasteiger partial charge in [0.25, 0.3) is 0 Å². The number of hydrogen-bond acceptors (Lipinski definition) is 6. The summed E-state index contributed by atoms with van der Waals surface area (Å²) in [5, 5.41) is 12.6. The second-order valence-corrected chi connectivity index (χ2v) is 13.8. The van der Waals surface area contributed by atoms with Crippen LogP contribution in [0, 0.1) is 0 Å². The number of furan rings is 2. The van der Waals surface area contributed by atoms with Gasteiger partial charge in [0, 0.05) is 44.6 Å². The first-order chi connectivity index (χ1) is 26.8. The molecule has 2 N–H and O–H groups in total. The van der Waals surface area contributed by atoms with Crippen molar-refractivity contribution in [3.8, 4) is 11.1 Å². The molecule has 6 nitrogen and oxygen atoms in total. The number of amidine groups is 2. The van der Waals surface area contributed by atoms with Crippen LogP contribution in [0.1, 0.15) is 39.7 Å². The summed E-state index contributed by atoms with van der Waals surface area (Å²) in [6.45, 7) is 0.651. The third-order valence-electron chi connectivity index (χ3n) is 10.6. The Morgan fingerprint density at radius 3 is 2.06 bits per heavy atom. The monoisotopic (exact) mass is 696 g/mol. The summed E-state index contributed by atoms with van der Waals surface area (Å²) < 4.78 is 12.6. The molecule has 7 aromatic carbocycles. The molecule has 2 aliphatic heterocycles. The standard InChI is InChI=1S/C48H32N4O2/c1-2-12-29(13-3-1)30-14-8-15-31(26-30)46-50-47(52-48(51-46)38-22-11-25-42-44(38)36-16-4-6-23-40(36)53-42)35-21-10-18-32-33(35)19-9-20-34(32)39-27-49-28-43-45(39)37-17-5-7-24-41(37)54-43/h1-27,46,49H,28H2,(H,50,51,52). The lowest BCUT2D eigenvalue weighted by molar-refractivity contribution is 0.531. The molecular formula is C48H32N4O2. The Kier molecular flexibility index (Phi) is 6.89. The quantitative estimate of drug-likeness (QED) is 0.188. The average molecular weight is 697 g/mol. The van der Waals surface area contributed by atoms with Crippen molar-refractivity contribution in [3.63, 3.8) is 0 Å². The lowest BCUT2D eigenvalue weighted by Crippen LogP contribution is -2.33.